The van der Waals surface area contributed by atoms with E-state index in [2.05, 4.69) is 15.4 Å². The maximum absolute atomic E-state index is 10.9. The lowest BCUT2D eigenvalue weighted by molar-refractivity contribution is -0.153. The number of carbonyl (C=O) groups is 2. The Balaban J connectivity index is 0.000000595. The van der Waals surface area contributed by atoms with Gasteiger partial charge in [-0.2, -0.15) is 15.4 Å². The van der Waals surface area contributed by atoms with Gasteiger partial charge in [-0.25, -0.2) is 0 Å². The molecule has 1 heterocycles. The van der Waals surface area contributed by atoms with Gasteiger partial charge in [0.1, 0.15) is 24.4 Å². The zero-order chi connectivity index (χ0) is 15.7. The van der Waals surface area contributed by atoms with Crippen molar-refractivity contribution < 1.29 is 35.1 Å². The van der Waals surface area contributed by atoms with Crippen LogP contribution in [-0.2, 0) is 9.59 Å². The number of ketones is 2. The van der Waals surface area contributed by atoms with Crippen molar-refractivity contribution in [3.8, 4) is 0 Å². The minimum absolute atomic E-state index is 0.848. The highest BCUT2D eigenvalue weighted by molar-refractivity contribution is 6.38. The SMILES string of the molecule is CC(=O)C(=O)C(O)C(O)C(O)C(O)CO.c1cn[nH]n1. The second-order valence-electron chi connectivity index (χ2n) is 3.75. The Kier molecular flexibility index (Phi) is 8.43. The van der Waals surface area contributed by atoms with Gasteiger partial charge >= 0.3 is 0 Å². The first-order valence-electron chi connectivity index (χ1n) is 5.50. The molecule has 1 aromatic heterocycles. The molecular formula is C10H17N3O7. The van der Waals surface area contributed by atoms with Gasteiger partial charge < -0.3 is 25.5 Å². The molecule has 1 aromatic rings. The normalized spacial score (nSPS) is 16.3. The average molecular weight is 291 g/mol. The second-order valence-corrected chi connectivity index (χ2v) is 3.75. The van der Waals surface area contributed by atoms with Crippen molar-refractivity contribution in [2.75, 3.05) is 6.61 Å². The lowest BCUT2D eigenvalue weighted by Gasteiger charge is -2.24. The number of rotatable bonds is 6. The van der Waals surface area contributed by atoms with Crippen LogP contribution in [0.25, 0.3) is 0 Å². The zero-order valence-electron chi connectivity index (χ0n) is 10.6. The van der Waals surface area contributed by atoms with E-state index < -0.39 is 42.6 Å². The standard InChI is InChI=1S/C8H14O7.C2H3N3/c1-3(10)5(12)7(14)8(15)6(13)4(11)2-9;1-2-4-5-3-1/h4,6-9,11,13-15H,2H2,1H3;1-2H,(H,3,4,5). The van der Waals surface area contributed by atoms with Gasteiger partial charge in [-0.3, -0.25) is 9.59 Å². The van der Waals surface area contributed by atoms with Gasteiger partial charge in [-0.15, -0.1) is 0 Å². The number of H-pyrrole nitrogens is 1. The van der Waals surface area contributed by atoms with Crippen LogP contribution in [0, 0.1) is 0 Å². The topological polar surface area (TPSA) is 177 Å². The fraction of sp³-hybridized carbons (Fsp3) is 0.600. The van der Waals surface area contributed by atoms with Gasteiger partial charge in [0.15, 0.2) is 5.78 Å². The van der Waals surface area contributed by atoms with Gasteiger partial charge in [-0.1, -0.05) is 0 Å². The molecule has 20 heavy (non-hydrogen) atoms. The Morgan fingerprint density at radius 3 is 1.90 bits per heavy atom. The molecule has 0 fully saturated rings. The van der Waals surface area contributed by atoms with E-state index in [-0.39, 0.29) is 0 Å². The van der Waals surface area contributed by atoms with Crippen LogP contribution in [0.3, 0.4) is 0 Å². The molecule has 10 heteroatoms. The first-order chi connectivity index (χ1) is 9.32. The third-order valence-electron chi connectivity index (χ3n) is 2.20. The monoisotopic (exact) mass is 291 g/mol. The van der Waals surface area contributed by atoms with Crippen molar-refractivity contribution in [3.05, 3.63) is 12.4 Å². The van der Waals surface area contributed by atoms with Gasteiger partial charge in [-0.05, 0) is 0 Å². The van der Waals surface area contributed by atoms with Crippen molar-refractivity contribution in [3.63, 3.8) is 0 Å². The molecule has 4 unspecified atom stereocenters. The molecule has 0 spiro atoms. The van der Waals surface area contributed by atoms with E-state index >= 15 is 0 Å². The molecule has 0 bridgehead atoms. The Morgan fingerprint density at radius 2 is 1.60 bits per heavy atom. The predicted octanol–water partition coefficient (Wildman–Crippen LogP) is -3.61. The van der Waals surface area contributed by atoms with Crippen molar-refractivity contribution in [1.82, 2.24) is 15.4 Å². The number of nitrogens with one attached hydrogen (secondary N) is 1. The number of aliphatic hydroxyl groups is 5. The Labute approximate surface area is 113 Å². The molecule has 0 aromatic carbocycles. The number of hydrogen-bond donors (Lipinski definition) is 6. The second kappa shape index (κ2) is 9.23. The summed E-state index contributed by atoms with van der Waals surface area (Å²) < 4.78 is 0. The third kappa shape index (κ3) is 5.95. The van der Waals surface area contributed by atoms with Crippen LogP contribution in [0.5, 0.6) is 0 Å². The van der Waals surface area contributed by atoms with Crippen molar-refractivity contribution in [2.45, 2.75) is 31.3 Å². The number of Topliss-reactive ketones (excluding diaryl/α,β-unsaturated/α-hetero) is 2. The Morgan fingerprint density at radius 1 is 1.10 bits per heavy atom. The summed E-state index contributed by atoms with van der Waals surface area (Å²) in [5.41, 5.74) is 0. The summed E-state index contributed by atoms with van der Waals surface area (Å²) in [6.45, 7) is 0.0480. The number of hydrogen-bond acceptors (Lipinski definition) is 9. The van der Waals surface area contributed by atoms with Crippen LogP contribution in [0.4, 0.5) is 0 Å². The molecule has 0 amide bonds. The molecule has 0 aliphatic carbocycles. The highest BCUT2D eigenvalue weighted by Gasteiger charge is 2.35. The van der Waals surface area contributed by atoms with Crippen LogP contribution in [-0.4, -0.2) is 83.5 Å². The number of aromatic nitrogens is 3. The van der Waals surface area contributed by atoms with Crippen LogP contribution in [0.1, 0.15) is 6.92 Å². The third-order valence-corrected chi connectivity index (χ3v) is 2.20. The summed E-state index contributed by atoms with van der Waals surface area (Å²) in [6, 6.07) is 0. The summed E-state index contributed by atoms with van der Waals surface area (Å²) in [6.07, 6.45) is -4.58. The van der Waals surface area contributed by atoms with E-state index in [1.807, 2.05) is 0 Å². The van der Waals surface area contributed by atoms with Crippen LogP contribution >= 0.6 is 0 Å². The lowest BCUT2D eigenvalue weighted by Crippen LogP contribution is -2.49. The molecule has 0 saturated carbocycles. The number of aliphatic hydroxyl groups excluding tert-OH is 5. The van der Waals surface area contributed by atoms with E-state index in [1.165, 1.54) is 0 Å². The lowest BCUT2D eigenvalue weighted by atomic mass is 9.99. The smallest absolute Gasteiger partial charge is 0.229 e. The average Bonchev–Trinajstić information content (AvgIpc) is 3.02. The molecular weight excluding hydrogens is 274 g/mol. The largest absolute Gasteiger partial charge is 0.394 e. The molecule has 0 aliphatic rings. The highest BCUT2D eigenvalue weighted by atomic mass is 16.4. The molecule has 0 saturated heterocycles. The van der Waals surface area contributed by atoms with E-state index in [4.69, 9.17) is 25.5 Å². The maximum Gasteiger partial charge on any atom is 0.229 e. The van der Waals surface area contributed by atoms with Gasteiger partial charge in [0.2, 0.25) is 5.78 Å². The maximum atomic E-state index is 10.9. The molecule has 6 N–H and O–H groups in total. The molecule has 4 atom stereocenters. The van der Waals surface area contributed by atoms with E-state index in [1.54, 1.807) is 12.4 Å². The summed E-state index contributed by atoms with van der Waals surface area (Å²) >= 11 is 0. The van der Waals surface area contributed by atoms with Gasteiger partial charge in [0.05, 0.1) is 19.0 Å². The minimum Gasteiger partial charge on any atom is -0.394 e. The van der Waals surface area contributed by atoms with Crippen LogP contribution in [0.15, 0.2) is 12.4 Å². The van der Waals surface area contributed by atoms with Gasteiger partial charge in [0.25, 0.3) is 0 Å². The van der Waals surface area contributed by atoms with E-state index in [0.29, 0.717) is 0 Å². The fourth-order valence-electron chi connectivity index (χ4n) is 1.05. The van der Waals surface area contributed by atoms with Crippen molar-refractivity contribution >= 4 is 11.6 Å². The first-order valence-corrected chi connectivity index (χ1v) is 5.50. The zero-order valence-corrected chi connectivity index (χ0v) is 10.6. The number of aromatic amines is 1. The fourth-order valence-corrected chi connectivity index (χ4v) is 1.05. The number of carbonyl (C=O) groups excluding carboxylic acids is 2. The predicted molar refractivity (Wildman–Crippen MR) is 63.2 cm³/mol. The molecule has 10 nitrogen and oxygen atoms in total. The molecule has 0 aliphatic heterocycles. The van der Waals surface area contributed by atoms with Crippen molar-refractivity contribution in [2.24, 2.45) is 0 Å². The van der Waals surface area contributed by atoms with Gasteiger partial charge in [0, 0.05) is 6.92 Å². The quantitative estimate of drug-likeness (QED) is 0.289. The number of nitrogens with zero attached hydrogens (tertiary/aromatic N) is 2. The van der Waals surface area contributed by atoms with E-state index in [9.17, 15) is 9.59 Å². The Bertz CT molecular complexity index is 380. The van der Waals surface area contributed by atoms with Crippen molar-refractivity contribution in [1.29, 1.82) is 0 Å². The van der Waals surface area contributed by atoms with E-state index in [0.717, 1.165) is 6.92 Å². The summed E-state index contributed by atoms with van der Waals surface area (Å²) in [7, 11) is 0. The summed E-state index contributed by atoms with van der Waals surface area (Å²) in [5, 5.41) is 54.0. The van der Waals surface area contributed by atoms with Crippen LogP contribution in [0.2, 0.25) is 0 Å². The Hall–Kier alpha value is -1.72. The van der Waals surface area contributed by atoms with Crippen LogP contribution < -0.4 is 0 Å². The minimum atomic E-state index is -2.11. The highest BCUT2D eigenvalue weighted by Crippen LogP contribution is 2.06. The molecule has 0 radical (unpaired) electrons. The summed E-state index contributed by atoms with van der Waals surface area (Å²) in [4.78, 5) is 21.4. The first kappa shape index (κ1) is 18.3. The summed E-state index contributed by atoms with van der Waals surface area (Å²) in [5.74, 6) is -2.25. The molecule has 114 valence electrons. The molecule has 1 rings (SSSR count).